The van der Waals surface area contributed by atoms with Crippen LogP contribution in [0.25, 0.3) is 0 Å². The van der Waals surface area contributed by atoms with E-state index in [0.717, 1.165) is 6.42 Å². The molecule has 4 unspecified atom stereocenters. The summed E-state index contributed by atoms with van der Waals surface area (Å²) in [6, 6.07) is 0. The first-order chi connectivity index (χ1) is 7.32. The summed E-state index contributed by atoms with van der Waals surface area (Å²) in [4.78, 5) is 11.8. The number of aliphatic hydroxyl groups is 1. The molecule has 2 aliphatic rings. The van der Waals surface area contributed by atoms with Gasteiger partial charge in [0.2, 0.25) is 0 Å². The third-order valence-electron chi connectivity index (χ3n) is 3.20. The summed E-state index contributed by atoms with van der Waals surface area (Å²) >= 11 is 2.01. The van der Waals surface area contributed by atoms with Crippen molar-refractivity contribution < 1.29 is 14.6 Å². The van der Waals surface area contributed by atoms with Crippen LogP contribution >= 0.6 is 22.6 Å². The Morgan fingerprint density at radius 1 is 1.75 bits per heavy atom. The number of ether oxygens (including phenoxy) is 1. The Bertz CT molecular complexity index is 304. The molecule has 6 heteroatoms. The molecule has 4 atom stereocenters. The molecule has 0 aromatic carbocycles. The van der Waals surface area contributed by atoms with Crippen molar-refractivity contribution >= 4 is 28.6 Å². The maximum atomic E-state index is 11.8. The molecule has 1 aliphatic heterocycles. The minimum absolute atomic E-state index is 0.165. The normalized spacial score (nSPS) is 44.1. The van der Waals surface area contributed by atoms with Gasteiger partial charge < -0.3 is 15.6 Å². The van der Waals surface area contributed by atoms with E-state index in [0.29, 0.717) is 19.4 Å². The number of esters is 1. The van der Waals surface area contributed by atoms with Gasteiger partial charge in [0.15, 0.2) is 0 Å². The van der Waals surface area contributed by atoms with E-state index in [-0.39, 0.29) is 16.0 Å². The first kappa shape index (κ1) is 12.5. The molecule has 0 radical (unpaired) electrons. The molecular formula is C10H17IN2O3. The fourth-order valence-corrected chi connectivity index (χ4v) is 2.57. The number of carbonyl (C=O) groups is 1. The largest absolute Gasteiger partial charge is 0.461 e. The summed E-state index contributed by atoms with van der Waals surface area (Å²) in [5.74, 6) is -0.282. The Labute approximate surface area is 108 Å². The molecule has 16 heavy (non-hydrogen) atoms. The molecule has 0 spiro atoms. The molecule has 0 aromatic rings. The summed E-state index contributed by atoms with van der Waals surface area (Å²) in [6.07, 6.45) is 1.77. The second-order valence-corrected chi connectivity index (χ2v) is 6.30. The smallest absolute Gasteiger partial charge is 0.322 e. The average molecular weight is 340 g/mol. The second-order valence-electron chi connectivity index (χ2n) is 5.06. The number of halogens is 1. The van der Waals surface area contributed by atoms with Crippen molar-refractivity contribution in [1.29, 1.82) is 0 Å². The van der Waals surface area contributed by atoms with E-state index in [1.54, 1.807) is 6.92 Å². The van der Waals surface area contributed by atoms with Gasteiger partial charge in [0.1, 0.15) is 15.7 Å². The number of alkyl halides is 1. The van der Waals surface area contributed by atoms with Crippen molar-refractivity contribution in [2.45, 2.75) is 47.5 Å². The summed E-state index contributed by atoms with van der Waals surface area (Å²) < 4.78 is 4.98. The van der Waals surface area contributed by atoms with Crippen LogP contribution in [0, 0.1) is 0 Å². The lowest BCUT2D eigenvalue weighted by atomic mass is 10.1. The predicted molar refractivity (Wildman–Crippen MR) is 67.1 cm³/mol. The first-order valence-electron chi connectivity index (χ1n) is 5.43. The second kappa shape index (κ2) is 4.08. The zero-order valence-electron chi connectivity index (χ0n) is 9.20. The van der Waals surface area contributed by atoms with Gasteiger partial charge in [0, 0.05) is 13.0 Å². The Morgan fingerprint density at radius 2 is 2.38 bits per heavy atom. The summed E-state index contributed by atoms with van der Waals surface area (Å²) in [5, 5.41) is 12.7. The van der Waals surface area contributed by atoms with Gasteiger partial charge in [-0.15, -0.1) is 0 Å². The maximum Gasteiger partial charge on any atom is 0.322 e. The molecule has 0 bridgehead atoms. The van der Waals surface area contributed by atoms with Gasteiger partial charge in [-0.3, -0.25) is 10.1 Å². The quantitative estimate of drug-likeness (QED) is 0.289. The van der Waals surface area contributed by atoms with Crippen molar-refractivity contribution in [2.24, 2.45) is 5.73 Å². The van der Waals surface area contributed by atoms with Crippen molar-refractivity contribution in [3.63, 3.8) is 0 Å². The molecule has 2 fully saturated rings. The predicted octanol–water partition coefficient (Wildman–Crippen LogP) is -0.105. The van der Waals surface area contributed by atoms with E-state index in [1.807, 2.05) is 22.6 Å². The standard InChI is InChI=1S/C10H17IN2O3/c1-9(15)3-2-6(4-9)16-8(14)7(11)10(12)5-13-10/h6-7,13,15H,2-5,12H2,1H3. The lowest BCUT2D eigenvalue weighted by Gasteiger charge is -2.19. The van der Waals surface area contributed by atoms with Crippen LogP contribution in [0.2, 0.25) is 0 Å². The molecule has 0 aromatic heterocycles. The highest BCUT2D eigenvalue weighted by Crippen LogP contribution is 2.32. The van der Waals surface area contributed by atoms with E-state index < -0.39 is 11.3 Å². The van der Waals surface area contributed by atoms with Gasteiger partial charge in [-0.05, 0) is 19.8 Å². The highest BCUT2D eigenvalue weighted by Gasteiger charge is 2.49. The molecule has 1 saturated carbocycles. The molecule has 1 saturated heterocycles. The SMILES string of the molecule is CC1(O)CCC(OC(=O)C(I)C2(N)CN2)C1. The molecule has 1 heterocycles. The van der Waals surface area contributed by atoms with Crippen molar-refractivity contribution in [1.82, 2.24) is 5.32 Å². The van der Waals surface area contributed by atoms with Crippen molar-refractivity contribution in [3.8, 4) is 0 Å². The average Bonchev–Trinajstić information content (AvgIpc) is 2.84. The number of nitrogens with two attached hydrogens (primary N) is 1. The zero-order valence-corrected chi connectivity index (χ0v) is 11.4. The molecule has 2 rings (SSSR count). The zero-order chi connectivity index (χ0) is 12.0. The summed E-state index contributed by atoms with van der Waals surface area (Å²) in [5.41, 5.74) is 4.57. The molecule has 1 aliphatic carbocycles. The Morgan fingerprint density at radius 3 is 2.81 bits per heavy atom. The van der Waals surface area contributed by atoms with Crippen molar-refractivity contribution in [2.75, 3.05) is 6.54 Å². The molecular weight excluding hydrogens is 323 g/mol. The number of hydrogen-bond donors (Lipinski definition) is 3. The number of rotatable bonds is 3. The molecule has 5 nitrogen and oxygen atoms in total. The van der Waals surface area contributed by atoms with Crippen LogP contribution in [0.3, 0.4) is 0 Å². The van der Waals surface area contributed by atoms with E-state index in [9.17, 15) is 9.90 Å². The van der Waals surface area contributed by atoms with Crippen LogP contribution < -0.4 is 11.1 Å². The first-order valence-corrected chi connectivity index (χ1v) is 6.68. The molecule has 92 valence electrons. The van der Waals surface area contributed by atoms with Gasteiger partial charge in [0.05, 0.1) is 5.60 Å². The van der Waals surface area contributed by atoms with Crippen LogP contribution in [0.15, 0.2) is 0 Å². The van der Waals surface area contributed by atoms with Gasteiger partial charge in [0.25, 0.3) is 0 Å². The van der Waals surface area contributed by atoms with Gasteiger partial charge in [-0.1, -0.05) is 22.6 Å². The van der Waals surface area contributed by atoms with Crippen LogP contribution in [0.4, 0.5) is 0 Å². The van der Waals surface area contributed by atoms with E-state index in [2.05, 4.69) is 5.32 Å². The van der Waals surface area contributed by atoms with E-state index in [4.69, 9.17) is 10.5 Å². The van der Waals surface area contributed by atoms with Gasteiger partial charge in [-0.25, -0.2) is 0 Å². The van der Waals surface area contributed by atoms with E-state index in [1.165, 1.54) is 0 Å². The highest BCUT2D eigenvalue weighted by molar-refractivity contribution is 14.1. The lowest BCUT2D eigenvalue weighted by Crippen LogP contribution is -2.44. The minimum atomic E-state index is -0.691. The number of hydrogen-bond acceptors (Lipinski definition) is 5. The van der Waals surface area contributed by atoms with E-state index >= 15 is 0 Å². The van der Waals surface area contributed by atoms with Gasteiger partial charge >= 0.3 is 5.97 Å². The summed E-state index contributed by atoms with van der Waals surface area (Å²) in [6.45, 7) is 2.42. The number of nitrogens with one attached hydrogen (secondary N) is 1. The monoisotopic (exact) mass is 340 g/mol. The van der Waals surface area contributed by atoms with Gasteiger partial charge in [-0.2, -0.15) is 0 Å². The molecule has 4 N–H and O–H groups in total. The highest BCUT2D eigenvalue weighted by atomic mass is 127. The van der Waals surface area contributed by atoms with Crippen LogP contribution in [0.5, 0.6) is 0 Å². The van der Waals surface area contributed by atoms with Crippen LogP contribution in [-0.4, -0.2) is 38.9 Å². The Kier molecular flexibility index (Phi) is 3.19. The fraction of sp³-hybridized carbons (Fsp3) is 0.900. The third-order valence-corrected chi connectivity index (χ3v) is 4.82. The third kappa shape index (κ3) is 2.66. The lowest BCUT2D eigenvalue weighted by molar-refractivity contribution is -0.148. The Hall–Kier alpha value is 0.0800. The van der Waals surface area contributed by atoms with Crippen LogP contribution in [-0.2, 0) is 9.53 Å². The topological polar surface area (TPSA) is 94.5 Å². The fourth-order valence-electron chi connectivity index (χ4n) is 1.98. The molecule has 0 amide bonds. The summed E-state index contributed by atoms with van der Waals surface area (Å²) in [7, 11) is 0. The van der Waals surface area contributed by atoms with Crippen molar-refractivity contribution in [3.05, 3.63) is 0 Å². The van der Waals surface area contributed by atoms with Crippen LogP contribution in [0.1, 0.15) is 26.2 Å². The minimum Gasteiger partial charge on any atom is -0.461 e. The number of carbonyl (C=O) groups excluding carboxylic acids is 1. The maximum absolute atomic E-state index is 11.8. The Balaban J connectivity index is 1.84.